The highest BCUT2D eigenvalue weighted by atomic mass is 16.5. The number of aromatic nitrogens is 2. The van der Waals surface area contributed by atoms with Crippen molar-refractivity contribution in [2.24, 2.45) is 17.3 Å². The summed E-state index contributed by atoms with van der Waals surface area (Å²) in [5.74, 6) is -1.84. The SMILES string of the molecule is CCn1c(-c2cccnc2[C@H](C)OC)c2c3cc(ccc31)-c1cc(O)cc(c1)C[C@H](NC(=O)C(C(C)C)N(C)C(=O)C1CCNC13CC3)C(=O)N1CCC[C@H](N1)C(=O)OCC(C)(C)C2. The number of aromatic hydroxyl groups is 1. The van der Waals surface area contributed by atoms with Crippen LogP contribution < -0.4 is 16.1 Å². The van der Waals surface area contributed by atoms with Gasteiger partial charge in [0, 0.05) is 67.3 Å². The number of amides is 3. The summed E-state index contributed by atoms with van der Waals surface area (Å²) in [4.78, 5) is 63.6. The fraction of sp³-hybridized carbons (Fsp3) is 0.540. The Labute approximate surface area is 376 Å². The Bertz CT molecular complexity index is 2440. The average molecular weight is 876 g/mol. The van der Waals surface area contributed by atoms with E-state index in [1.54, 1.807) is 37.4 Å². The second-order valence-corrected chi connectivity index (χ2v) is 19.6. The maximum absolute atomic E-state index is 14.7. The summed E-state index contributed by atoms with van der Waals surface area (Å²) in [6, 6.07) is 12.9. The molecule has 5 atom stereocenters. The molecule has 2 unspecified atom stereocenters. The first-order valence-corrected chi connectivity index (χ1v) is 23.1. The molecule has 1 aliphatic carbocycles. The molecule has 4 aromatic rings. The fourth-order valence-electron chi connectivity index (χ4n) is 10.5. The summed E-state index contributed by atoms with van der Waals surface area (Å²) in [6.07, 6.45) is 5.72. The maximum atomic E-state index is 14.7. The van der Waals surface area contributed by atoms with E-state index < -0.39 is 41.3 Å². The molecule has 64 heavy (non-hydrogen) atoms. The number of carbonyl (C=O) groups is 4. The van der Waals surface area contributed by atoms with Gasteiger partial charge >= 0.3 is 5.97 Å². The monoisotopic (exact) mass is 875 g/mol. The largest absolute Gasteiger partial charge is 0.508 e. The summed E-state index contributed by atoms with van der Waals surface area (Å²) < 4.78 is 14.2. The van der Waals surface area contributed by atoms with Gasteiger partial charge in [0.1, 0.15) is 23.9 Å². The predicted octanol–water partition coefficient (Wildman–Crippen LogP) is 6.08. The zero-order valence-corrected chi connectivity index (χ0v) is 38.6. The van der Waals surface area contributed by atoms with Crippen molar-refractivity contribution in [2.45, 2.75) is 123 Å². The first kappa shape index (κ1) is 45.3. The molecule has 5 heterocycles. The highest BCUT2D eigenvalue weighted by Crippen LogP contribution is 2.48. The minimum atomic E-state index is -1.10. The van der Waals surface area contributed by atoms with Gasteiger partial charge in [-0.1, -0.05) is 39.8 Å². The van der Waals surface area contributed by atoms with E-state index in [2.05, 4.69) is 59.6 Å². The zero-order valence-electron chi connectivity index (χ0n) is 38.6. The Morgan fingerprint density at radius 1 is 1.08 bits per heavy atom. The quantitative estimate of drug-likeness (QED) is 0.145. The molecule has 0 radical (unpaired) electrons. The number of esters is 1. The minimum absolute atomic E-state index is 0.0183. The van der Waals surface area contributed by atoms with Crippen LogP contribution in [0.1, 0.15) is 96.6 Å². The van der Waals surface area contributed by atoms with Crippen molar-refractivity contribution in [3.05, 3.63) is 71.5 Å². The molecule has 2 aromatic heterocycles. The number of fused-ring (bicyclic) bond motifs is 6. The van der Waals surface area contributed by atoms with Crippen LogP contribution in [0.3, 0.4) is 0 Å². The van der Waals surface area contributed by atoms with Crippen LogP contribution in [-0.4, -0.2) is 106 Å². The number of cyclic esters (lactones) is 1. The number of methoxy groups -OCH3 is 1. The molecule has 1 saturated carbocycles. The van der Waals surface area contributed by atoms with Crippen molar-refractivity contribution in [3.8, 4) is 28.1 Å². The Morgan fingerprint density at radius 3 is 2.58 bits per heavy atom. The number of phenols is 1. The van der Waals surface area contributed by atoms with Gasteiger partial charge in [-0.05, 0) is 123 Å². The lowest BCUT2D eigenvalue weighted by Gasteiger charge is -2.37. The number of benzene rings is 2. The molecule has 3 aliphatic heterocycles. The number of hydrazine groups is 1. The van der Waals surface area contributed by atoms with Gasteiger partial charge in [-0.3, -0.25) is 29.2 Å². The summed E-state index contributed by atoms with van der Waals surface area (Å²) >= 11 is 0. The summed E-state index contributed by atoms with van der Waals surface area (Å²) in [5, 5.41) is 20.3. The Kier molecular flexibility index (Phi) is 12.7. The second-order valence-electron chi connectivity index (χ2n) is 19.6. The van der Waals surface area contributed by atoms with Gasteiger partial charge in [0.25, 0.3) is 5.91 Å². The van der Waals surface area contributed by atoms with E-state index in [0.717, 1.165) is 70.4 Å². The summed E-state index contributed by atoms with van der Waals surface area (Å²) in [6.45, 7) is 14.0. The molecule has 8 rings (SSSR count). The van der Waals surface area contributed by atoms with Crippen molar-refractivity contribution in [3.63, 3.8) is 0 Å². The molecule has 4 aliphatic rings. The molecule has 3 fully saturated rings. The third-order valence-corrected chi connectivity index (χ3v) is 14.0. The number of hydrogen-bond acceptors (Lipinski definition) is 10. The molecule has 14 nitrogen and oxygen atoms in total. The molecule has 14 heteroatoms. The molecule has 2 saturated heterocycles. The molecular formula is C50H65N7O7. The van der Waals surface area contributed by atoms with Gasteiger partial charge < -0.3 is 34.7 Å². The number of aryl methyl sites for hydroxylation is 1. The van der Waals surface area contributed by atoms with Crippen LogP contribution in [-0.2, 0) is 48.0 Å². The Hall–Kier alpha value is -5.31. The number of pyridine rings is 1. The predicted molar refractivity (Wildman–Crippen MR) is 245 cm³/mol. The Morgan fingerprint density at radius 2 is 1.86 bits per heavy atom. The van der Waals surface area contributed by atoms with E-state index in [4.69, 9.17) is 14.5 Å². The lowest BCUT2D eigenvalue weighted by atomic mass is 9.84. The smallest absolute Gasteiger partial charge is 0.324 e. The summed E-state index contributed by atoms with van der Waals surface area (Å²) in [5.41, 5.74) is 9.58. The molecule has 2 aromatic carbocycles. The van der Waals surface area contributed by atoms with E-state index in [1.165, 1.54) is 5.01 Å². The number of nitrogens with one attached hydrogen (secondary N) is 3. The van der Waals surface area contributed by atoms with Crippen molar-refractivity contribution in [1.29, 1.82) is 0 Å². The van der Waals surface area contributed by atoms with Crippen molar-refractivity contribution >= 4 is 34.6 Å². The van der Waals surface area contributed by atoms with Crippen LogP contribution in [0, 0.1) is 17.3 Å². The highest BCUT2D eigenvalue weighted by molar-refractivity contribution is 5.96. The van der Waals surface area contributed by atoms with Gasteiger partial charge in [-0.25, -0.2) is 5.43 Å². The number of likely N-dealkylation sites (N-methyl/N-ethyl adjacent to an activating group) is 1. The van der Waals surface area contributed by atoms with Gasteiger partial charge in [0.2, 0.25) is 11.8 Å². The van der Waals surface area contributed by atoms with E-state index in [9.17, 15) is 24.3 Å². The van der Waals surface area contributed by atoms with Gasteiger partial charge in [-0.2, -0.15) is 0 Å². The zero-order chi connectivity index (χ0) is 45.7. The first-order valence-electron chi connectivity index (χ1n) is 23.1. The average Bonchev–Trinajstić information content (AvgIpc) is 3.84. The van der Waals surface area contributed by atoms with Gasteiger partial charge in [0.15, 0.2) is 0 Å². The second kappa shape index (κ2) is 17.9. The van der Waals surface area contributed by atoms with Crippen LogP contribution in [0.2, 0.25) is 0 Å². The third kappa shape index (κ3) is 8.76. The molecule has 342 valence electrons. The number of phenolic OH excluding ortho intramolecular Hbond substituents is 1. The minimum Gasteiger partial charge on any atom is -0.508 e. The number of nitrogens with zero attached hydrogens (tertiary/aromatic N) is 4. The number of carbonyl (C=O) groups excluding carboxylic acids is 4. The third-order valence-electron chi connectivity index (χ3n) is 14.0. The fourth-order valence-corrected chi connectivity index (χ4v) is 10.5. The molecule has 4 N–H and O–H groups in total. The van der Waals surface area contributed by atoms with Crippen LogP contribution in [0.15, 0.2) is 54.7 Å². The summed E-state index contributed by atoms with van der Waals surface area (Å²) in [7, 11) is 3.37. The van der Waals surface area contributed by atoms with E-state index in [-0.39, 0.29) is 48.2 Å². The number of rotatable bonds is 9. The van der Waals surface area contributed by atoms with E-state index >= 15 is 0 Å². The first-order chi connectivity index (χ1) is 30.5. The molecular weight excluding hydrogens is 811 g/mol. The highest BCUT2D eigenvalue weighted by Gasteiger charge is 2.56. The van der Waals surface area contributed by atoms with Gasteiger partial charge in [0.05, 0.1) is 30.0 Å². The van der Waals surface area contributed by atoms with E-state index in [1.807, 2.05) is 39.0 Å². The standard InChI is InChI=1S/C50H65N7O7/c1-9-56-41-15-14-32-26-36(41)37(44(56)35-12-10-19-51-42(35)30(4)63-8)27-49(5,6)28-64-48(62)39-13-11-21-57(54-39)47(61)40(24-31-22-33(32)25-34(58)23-31)53-45(59)43(29(2)3)55(7)46(60)38-16-20-52-50(38)17-18-50/h10,12,14-15,19,22-23,25-26,29-30,38-40,43,52,54,58H,9,11,13,16-18,20-21,24,27-28H2,1-8H3,(H,53,59)/t30-,38?,39-,40-,43?/m0/s1. The topological polar surface area (TPSA) is 167 Å². The number of hydrogen-bond donors (Lipinski definition) is 4. The van der Waals surface area contributed by atoms with Gasteiger partial charge in [-0.15, -0.1) is 0 Å². The normalized spacial score (nSPS) is 22.8. The lowest BCUT2D eigenvalue weighted by Crippen LogP contribution is -2.62. The van der Waals surface area contributed by atoms with Crippen LogP contribution in [0.4, 0.5) is 0 Å². The molecule has 1 spiro atoms. The maximum Gasteiger partial charge on any atom is 0.324 e. The number of ether oxygens (including phenoxy) is 2. The van der Waals surface area contributed by atoms with Crippen LogP contribution in [0.5, 0.6) is 5.75 Å². The van der Waals surface area contributed by atoms with Crippen molar-refractivity contribution in [1.82, 2.24) is 35.5 Å². The van der Waals surface area contributed by atoms with E-state index in [0.29, 0.717) is 37.9 Å². The molecule has 6 bridgehead atoms. The van der Waals surface area contributed by atoms with Crippen molar-refractivity contribution < 1.29 is 33.8 Å². The Balaban J connectivity index is 1.22. The van der Waals surface area contributed by atoms with Crippen molar-refractivity contribution in [2.75, 3.05) is 33.9 Å². The van der Waals surface area contributed by atoms with Crippen LogP contribution >= 0.6 is 0 Å². The molecule has 3 amide bonds. The van der Waals surface area contributed by atoms with Crippen LogP contribution in [0.25, 0.3) is 33.3 Å². The lowest BCUT2D eigenvalue weighted by molar-refractivity contribution is -0.155.